The predicted octanol–water partition coefficient (Wildman–Crippen LogP) is 2.15. The summed E-state index contributed by atoms with van der Waals surface area (Å²) in [6.07, 6.45) is 4.62. The molecule has 0 aromatic heterocycles. The van der Waals surface area contributed by atoms with E-state index in [-0.39, 0.29) is 11.8 Å². The van der Waals surface area contributed by atoms with Gasteiger partial charge in [0, 0.05) is 45.6 Å². The standard InChI is InChI=1S/C22H31N3O2/c1-23-14-17(6-7-21(23)26)15-24-11-8-19(9-12-24)22(27)25-13-10-18-4-2-3-5-20(18)16-25/h2-5,17,19H,6-16H2,1H3. The highest BCUT2D eigenvalue weighted by Gasteiger charge is 2.32. The Morgan fingerprint density at radius 3 is 2.52 bits per heavy atom. The lowest BCUT2D eigenvalue weighted by atomic mass is 9.91. The zero-order valence-electron chi connectivity index (χ0n) is 16.4. The van der Waals surface area contributed by atoms with Crippen LogP contribution in [0.2, 0.25) is 0 Å². The van der Waals surface area contributed by atoms with E-state index in [0.717, 1.165) is 65.0 Å². The van der Waals surface area contributed by atoms with Crippen molar-refractivity contribution in [3.8, 4) is 0 Å². The molecular weight excluding hydrogens is 338 g/mol. The fourth-order valence-corrected chi connectivity index (χ4v) is 4.92. The van der Waals surface area contributed by atoms with Gasteiger partial charge in [-0.3, -0.25) is 9.59 Å². The molecule has 4 rings (SSSR count). The fourth-order valence-electron chi connectivity index (χ4n) is 4.92. The number of rotatable bonds is 3. The molecule has 5 heteroatoms. The first-order valence-electron chi connectivity index (χ1n) is 10.4. The smallest absolute Gasteiger partial charge is 0.226 e. The molecule has 1 unspecified atom stereocenters. The van der Waals surface area contributed by atoms with Crippen LogP contribution in [0.25, 0.3) is 0 Å². The summed E-state index contributed by atoms with van der Waals surface area (Å²) in [6.45, 7) is 5.60. The number of likely N-dealkylation sites (tertiary alicyclic amines) is 2. The van der Waals surface area contributed by atoms with Crippen molar-refractivity contribution in [3.63, 3.8) is 0 Å². The molecule has 0 bridgehead atoms. The lowest BCUT2D eigenvalue weighted by Gasteiger charge is -2.38. The maximum absolute atomic E-state index is 13.0. The van der Waals surface area contributed by atoms with Crippen molar-refractivity contribution in [1.82, 2.24) is 14.7 Å². The highest BCUT2D eigenvalue weighted by Crippen LogP contribution is 2.26. The molecule has 2 fully saturated rings. The van der Waals surface area contributed by atoms with Crippen LogP contribution in [0.15, 0.2) is 24.3 Å². The van der Waals surface area contributed by atoms with Crippen molar-refractivity contribution in [2.75, 3.05) is 39.8 Å². The molecule has 1 aromatic rings. The summed E-state index contributed by atoms with van der Waals surface area (Å²) in [7, 11) is 1.91. The van der Waals surface area contributed by atoms with Gasteiger partial charge in [0.25, 0.3) is 0 Å². The third kappa shape index (κ3) is 4.18. The van der Waals surface area contributed by atoms with E-state index in [1.807, 2.05) is 11.9 Å². The Bertz CT molecular complexity index is 697. The molecular formula is C22H31N3O2. The number of nitrogens with zero attached hydrogens (tertiary/aromatic N) is 3. The second-order valence-electron chi connectivity index (χ2n) is 8.53. The average molecular weight is 370 g/mol. The molecule has 27 heavy (non-hydrogen) atoms. The minimum Gasteiger partial charge on any atom is -0.345 e. The number of hydrogen-bond donors (Lipinski definition) is 0. The van der Waals surface area contributed by atoms with E-state index in [9.17, 15) is 9.59 Å². The monoisotopic (exact) mass is 369 g/mol. The largest absolute Gasteiger partial charge is 0.345 e. The van der Waals surface area contributed by atoms with Crippen molar-refractivity contribution < 1.29 is 9.59 Å². The first kappa shape index (κ1) is 18.5. The Morgan fingerprint density at radius 2 is 1.78 bits per heavy atom. The second kappa shape index (κ2) is 8.01. The van der Waals surface area contributed by atoms with E-state index in [1.165, 1.54) is 11.1 Å². The van der Waals surface area contributed by atoms with Gasteiger partial charge in [-0.1, -0.05) is 24.3 Å². The van der Waals surface area contributed by atoms with Gasteiger partial charge < -0.3 is 14.7 Å². The van der Waals surface area contributed by atoms with Crippen LogP contribution in [0.5, 0.6) is 0 Å². The summed E-state index contributed by atoms with van der Waals surface area (Å²) < 4.78 is 0. The highest BCUT2D eigenvalue weighted by molar-refractivity contribution is 5.79. The van der Waals surface area contributed by atoms with Gasteiger partial charge >= 0.3 is 0 Å². The van der Waals surface area contributed by atoms with Crippen LogP contribution in [0.4, 0.5) is 0 Å². The van der Waals surface area contributed by atoms with E-state index in [2.05, 4.69) is 34.1 Å². The minimum atomic E-state index is 0.183. The van der Waals surface area contributed by atoms with Gasteiger partial charge in [0.15, 0.2) is 0 Å². The second-order valence-corrected chi connectivity index (χ2v) is 8.53. The zero-order chi connectivity index (χ0) is 18.8. The van der Waals surface area contributed by atoms with Gasteiger partial charge in [-0.05, 0) is 55.8 Å². The number of fused-ring (bicyclic) bond motifs is 1. The number of piperidine rings is 2. The molecule has 1 aromatic carbocycles. The van der Waals surface area contributed by atoms with Crippen LogP contribution in [0, 0.1) is 11.8 Å². The van der Waals surface area contributed by atoms with Gasteiger partial charge in [0.05, 0.1) is 0 Å². The van der Waals surface area contributed by atoms with Gasteiger partial charge in [-0.15, -0.1) is 0 Å². The third-order valence-corrected chi connectivity index (χ3v) is 6.62. The van der Waals surface area contributed by atoms with E-state index in [4.69, 9.17) is 0 Å². The van der Waals surface area contributed by atoms with Crippen molar-refractivity contribution in [3.05, 3.63) is 35.4 Å². The Hall–Kier alpha value is -1.88. The van der Waals surface area contributed by atoms with Crippen LogP contribution >= 0.6 is 0 Å². The summed E-state index contributed by atoms with van der Waals surface area (Å²) in [4.78, 5) is 31.1. The van der Waals surface area contributed by atoms with Crippen LogP contribution in [0.3, 0.4) is 0 Å². The minimum absolute atomic E-state index is 0.183. The molecule has 146 valence electrons. The molecule has 1 atom stereocenters. The number of carbonyl (C=O) groups excluding carboxylic acids is 2. The quantitative estimate of drug-likeness (QED) is 0.820. The van der Waals surface area contributed by atoms with Gasteiger partial charge in [0.1, 0.15) is 0 Å². The first-order chi connectivity index (χ1) is 13.1. The summed E-state index contributed by atoms with van der Waals surface area (Å²) in [6, 6.07) is 8.50. The van der Waals surface area contributed by atoms with Crippen molar-refractivity contribution in [1.29, 1.82) is 0 Å². The molecule has 2 amide bonds. The molecule has 5 nitrogen and oxygen atoms in total. The van der Waals surface area contributed by atoms with E-state index in [1.54, 1.807) is 0 Å². The molecule has 0 spiro atoms. The average Bonchev–Trinajstić information content (AvgIpc) is 2.70. The fraction of sp³-hybridized carbons (Fsp3) is 0.636. The molecule has 0 radical (unpaired) electrons. The zero-order valence-corrected chi connectivity index (χ0v) is 16.4. The third-order valence-electron chi connectivity index (χ3n) is 6.62. The molecule has 0 aliphatic carbocycles. The lowest BCUT2D eigenvalue weighted by molar-refractivity contribution is -0.138. The molecule has 3 heterocycles. The van der Waals surface area contributed by atoms with Crippen LogP contribution < -0.4 is 0 Å². The van der Waals surface area contributed by atoms with E-state index < -0.39 is 0 Å². The molecule has 3 aliphatic rings. The number of hydrogen-bond acceptors (Lipinski definition) is 3. The van der Waals surface area contributed by atoms with Crippen LogP contribution in [0.1, 0.15) is 36.8 Å². The van der Waals surface area contributed by atoms with Gasteiger partial charge in [-0.2, -0.15) is 0 Å². The Labute approximate surface area is 162 Å². The molecule has 2 saturated heterocycles. The van der Waals surface area contributed by atoms with Crippen molar-refractivity contribution in [2.45, 2.75) is 38.6 Å². The lowest BCUT2D eigenvalue weighted by Crippen LogP contribution is -2.47. The SMILES string of the molecule is CN1CC(CN2CCC(C(=O)N3CCc4ccccc4C3)CC2)CCC1=O. The van der Waals surface area contributed by atoms with Gasteiger partial charge in [0.2, 0.25) is 11.8 Å². The Kier molecular flexibility index (Phi) is 5.48. The number of benzene rings is 1. The summed E-state index contributed by atoms with van der Waals surface area (Å²) in [5, 5.41) is 0. The summed E-state index contributed by atoms with van der Waals surface area (Å²) >= 11 is 0. The molecule has 0 N–H and O–H groups in total. The Morgan fingerprint density at radius 1 is 1.04 bits per heavy atom. The van der Waals surface area contributed by atoms with E-state index >= 15 is 0 Å². The van der Waals surface area contributed by atoms with Gasteiger partial charge in [-0.25, -0.2) is 0 Å². The van der Waals surface area contributed by atoms with Crippen LogP contribution in [-0.2, 0) is 22.6 Å². The molecule has 3 aliphatic heterocycles. The van der Waals surface area contributed by atoms with Crippen LogP contribution in [-0.4, -0.2) is 66.3 Å². The normalized spacial score (nSPS) is 24.8. The maximum atomic E-state index is 13.0. The van der Waals surface area contributed by atoms with Crippen molar-refractivity contribution in [2.24, 2.45) is 11.8 Å². The number of amides is 2. The number of carbonyl (C=O) groups is 2. The summed E-state index contributed by atoms with van der Waals surface area (Å²) in [5.74, 6) is 1.39. The highest BCUT2D eigenvalue weighted by atomic mass is 16.2. The van der Waals surface area contributed by atoms with Crippen molar-refractivity contribution >= 4 is 11.8 Å². The Balaban J connectivity index is 1.26. The first-order valence-corrected chi connectivity index (χ1v) is 10.4. The summed E-state index contributed by atoms with van der Waals surface area (Å²) in [5.41, 5.74) is 2.71. The molecule has 0 saturated carbocycles. The topological polar surface area (TPSA) is 43.9 Å². The predicted molar refractivity (Wildman–Crippen MR) is 105 cm³/mol. The maximum Gasteiger partial charge on any atom is 0.226 e. The van der Waals surface area contributed by atoms with E-state index in [0.29, 0.717) is 18.2 Å².